The molecule has 3 nitrogen and oxygen atoms in total. The molecule has 1 aliphatic carbocycles. The largest absolute Gasteiger partial charge is 0.390 e. The first kappa shape index (κ1) is 17.0. The molecule has 1 rings (SSSR count). The van der Waals surface area contributed by atoms with Crippen LogP contribution >= 0.6 is 0 Å². The zero-order valence-corrected chi connectivity index (χ0v) is 13.7. The highest BCUT2D eigenvalue weighted by Crippen LogP contribution is 2.46. The Morgan fingerprint density at radius 2 is 1.89 bits per heavy atom. The molecule has 0 heterocycles. The molecule has 0 saturated heterocycles. The first-order chi connectivity index (χ1) is 8.61. The average Bonchev–Trinajstić information content (AvgIpc) is 2.27. The van der Waals surface area contributed by atoms with Crippen LogP contribution in [0.2, 0.25) is 0 Å². The molecular weight excluding hydrogens is 260 g/mol. The number of aliphatic hydroxyl groups is 1. The molecule has 0 amide bonds. The topological polar surface area (TPSA) is 54.4 Å². The van der Waals surface area contributed by atoms with Crippen LogP contribution in [0.15, 0.2) is 0 Å². The van der Waals surface area contributed by atoms with Crippen LogP contribution in [0.3, 0.4) is 0 Å². The van der Waals surface area contributed by atoms with Crippen molar-refractivity contribution in [1.29, 1.82) is 0 Å². The Kier molecular flexibility index (Phi) is 5.47. The lowest BCUT2D eigenvalue weighted by atomic mass is 9.62. The van der Waals surface area contributed by atoms with Gasteiger partial charge in [-0.25, -0.2) is 8.42 Å². The first-order valence-electron chi connectivity index (χ1n) is 7.53. The summed E-state index contributed by atoms with van der Waals surface area (Å²) in [6, 6.07) is 0. The molecule has 2 atom stereocenters. The molecule has 2 unspecified atom stereocenters. The van der Waals surface area contributed by atoms with E-state index >= 15 is 0 Å². The second kappa shape index (κ2) is 6.13. The van der Waals surface area contributed by atoms with Crippen molar-refractivity contribution >= 4 is 9.84 Å². The lowest BCUT2D eigenvalue weighted by Gasteiger charge is -2.47. The molecule has 1 fully saturated rings. The molecule has 19 heavy (non-hydrogen) atoms. The van der Waals surface area contributed by atoms with Gasteiger partial charge in [-0.3, -0.25) is 0 Å². The van der Waals surface area contributed by atoms with Gasteiger partial charge in [-0.1, -0.05) is 40.5 Å². The van der Waals surface area contributed by atoms with Gasteiger partial charge in [0.05, 0.1) is 11.4 Å². The van der Waals surface area contributed by atoms with E-state index in [1.54, 1.807) is 6.92 Å². The predicted molar refractivity (Wildman–Crippen MR) is 79.9 cm³/mol. The van der Waals surface area contributed by atoms with Crippen LogP contribution in [0.4, 0.5) is 0 Å². The summed E-state index contributed by atoms with van der Waals surface area (Å²) in [7, 11) is -2.91. The minimum atomic E-state index is -2.91. The van der Waals surface area contributed by atoms with Gasteiger partial charge in [-0.05, 0) is 37.0 Å². The average molecular weight is 290 g/mol. The summed E-state index contributed by atoms with van der Waals surface area (Å²) in [5.74, 6) is 0.689. The summed E-state index contributed by atoms with van der Waals surface area (Å²) in [4.78, 5) is 0. The Morgan fingerprint density at radius 1 is 1.26 bits per heavy atom. The van der Waals surface area contributed by atoms with Gasteiger partial charge in [0.1, 0.15) is 9.84 Å². The lowest BCUT2D eigenvalue weighted by molar-refractivity contribution is -0.0950. The van der Waals surface area contributed by atoms with Gasteiger partial charge in [-0.2, -0.15) is 0 Å². The van der Waals surface area contributed by atoms with Gasteiger partial charge in [-0.15, -0.1) is 0 Å². The Labute approximate surface area is 118 Å². The Balaban J connectivity index is 2.66. The second-order valence-electron chi connectivity index (χ2n) is 7.11. The maximum atomic E-state index is 11.5. The standard InChI is InChI=1S/C15H30O3S/c1-5-19(17,18)12-8-11-15(16)10-7-6-9-13(15)14(2,3)4/h13,16H,5-12H2,1-4H3. The first-order valence-corrected chi connectivity index (χ1v) is 9.36. The van der Waals surface area contributed by atoms with Crippen LogP contribution in [-0.4, -0.2) is 30.6 Å². The van der Waals surface area contributed by atoms with Crippen molar-refractivity contribution in [3.8, 4) is 0 Å². The highest BCUT2D eigenvalue weighted by molar-refractivity contribution is 7.91. The molecule has 0 radical (unpaired) electrons. The summed E-state index contributed by atoms with van der Waals surface area (Å²) in [6.45, 7) is 8.22. The van der Waals surface area contributed by atoms with E-state index in [9.17, 15) is 13.5 Å². The van der Waals surface area contributed by atoms with Crippen molar-refractivity contribution in [2.75, 3.05) is 11.5 Å². The monoisotopic (exact) mass is 290 g/mol. The van der Waals surface area contributed by atoms with E-state index in [0.717, 1.165) is 19.3 Å². The zero-order chi connectivity index (χ0) is 14.7. The van der Waals surface area contributed by atoms with Crippen LogP contribution < -0.4 is 0 Å². The minimum Gasteiger partial charge on any atom is -0.390 e. The van der Waals surface area contributed by atoms with E-state index < -0.39 is 15.4 Å². The maximum absolute atomic E-state index is 11.5. The zero-order valence-electron chi connectivity index (χ0n) is 12.9. The normalized spacial score (nSPS) is 29.4. The van der Waals surface area contributed by atoms with Crippen molar-refractivity contribution in [2.24, 2.45) is 11.3 Å². The van der Waals surface area contributed by atoms with Gasteiger partial charge in [0.25, 0.3) is 0 Å². The predicted octanol–water partition coefficient (Wildman–Crippen LogP) is 3.17. The van der Waals surface area contributed by atoms with E-state index in [0.29, 0.717) is 12.8 Å². The van der Waals surface area contributed by atoms with Crippen LogP contribution in [0.1, 0.15) is 66.2 Å². The van der Waals surface area contributed by atoms with E-state index in [-0.39, 0.29) is 22.8 Å². The van der Waals surface area contributed by atoms with Crippen molar-refractivity contribution in [2.45, 2.75) is 71.8 Å². The third-order valence-electron chi connectivity index (χ3n) is 4.55. The smallest absolute Gasteiger partial charge is 0.150 e. The summed E-state index contributed by atoms with van der Waals surface area (Å²) in [5, 5.41) is 10.9. The molecule has 1 saturated carbocycles. The molecule has 0 aliphatic heterocycles. The third kappa shape index (κ3) is 4.75. The number of rotatable bonds is 5. The summed E-state index contributed by atoms with van der Waals surface area (Å²) in [5.41, 5.74) is -0.585. The molecule has 114 valence electrons. The molecule has 0 spiro atoms. The third-order valence-corrected chi connectivity index (χ3v) is 6.34. The van der Waals surface area contributed by atoms with E-state index in [4.69, 9.17) is 0 Å². The Bertz CT molecular complexity index is 381. The van der Waals surface area contributed by atoms with Gasteiger partial charge in [0.15, 0.2) is 0 Å². The Morgan fingerprint density at radius 3 is 2.42 bits per heavy atom. The summed E-state index contributed by atoms with van der Waals surface area (Å²) in [6.07, 6.45) is 5.32. The van der Waals surface area contributed by atoms with E-state index in [1.807, 2.05) is 0 Å². The fraction of sp³-hybridized carbons (Fsp3) is 1.00. The highest BCUT2D eigenvalue weighted by Gasteiger charge is 2.44. The van der Waals surface area contributed by atoms with Gasteiger partial charge in [0, 0.05) is 5.75 Å². The molecule has 4 heteroatoms. The van der Waals surface area contributed by atoms with E-state index in [2.05, 4.69) is 20.8 Å². The van der Waals surface area contributed by atoms with Gasteiger partial charge in [0.2, 0.25) is 0 Å². The van der Waals surface area contributed by atoms with Crippen molar-refractivity contribution in [1.82, 2.24) is 0 Å². The van der Waals surface area contributed by atoms with Crippen molar-refractivity contribution in [3.05, 3.63) is 0 Å². The van der Waals surface area contributed by atoms with Crippen molar-refractivity contribution < 1.29 is 13.5 Å². The van der Waals surface area contributed by atoms with Crippen LogP contribution in [0, 0.1) is 11.3 Å². The van der Waals surface area contributed by atoms with Crippen LogP contribution in [0.25, 0.3) is 0 Å². The summed E-state index contributed by atoms with van der Waals surface area (Å²) >= 11 is 0. The fourth-order valence-corrected chi connectivity index (χ4v) is 4.38. The Hall–Kier alpha value is -0.0900. The molecule has 0 bridgehead atoms. The quantitative estimate of drug-likeness (QED) is 0.846. The van der Waals surface area contributed by atoms with Crippen LogP contribution in [-0.2, 0) is 9.84 Å². The number of hydrogen-bond acceptors (Lipinski definition) is 3. The SMILES string of the molecule is CCS(=O)(=O)CCCC1(O)CCCCC1C(C)(C)C. The lowest BCUT2D eigenvalue weighted by Crippen LogP contribution is -2.47. The van der Waals surface area contributed by atoms with Crippen molar-refractivity contribution in [3.63, 3.8) is 0 Å². The molecule has 1 N–H and O–H groups in total. The highest BCUT2D eigenvalue weighted by atomic mass is 32.2. The molecule has 0 aromatic rings. The number of hydrogen-bond donors (Lipinski definition) is 1. The minimum absolute atomic E-state index is 0.0821. The maximum Gasteiger partial charge on any atom is 0.150 e. The van der Waals surface area contributed by atoms with Crippen LogP contribution in [0.5, 0.6) is 0 Å². The number of sulfone groups is 1. The summed E-state index contributed by atoms with van der Waals surface area (Å²) < 4.78 is 23.1. The van der Waals surface area contributed by atoms with Gasteiger partial charge < -0.3 is 5.11 Å². The fourth-order valence-electron chi connectivity index (χ4n) is 3.50. The molecule has 1 aliphatic rings. The molecular formula is C15H30O3S. The second-order valence-corrected chi connectivity index (χ2v) is 9.58. The molecule has 0 aromatic carbocycles. The van der Waals surface area contributed by atoms with E-state index in [1.165, 1.54) is 6.42 Å². The van der Waals surface area contributed by atoms with Gasteiger partial charge >= 0.3 is 0 Å². The molecule has 0 aromatic heterocycles.